The van der Waals surface area contributed by atoms with Crippen molar-refractivity contribution < 1.29 is 19.1 Å². The minimum atomic E-state index is -0.470. The Kier molecular flexibility index (Phi) is 4.32. The molecule has 4 rings (SSSR count). The highest BCUT2D eigenvalue weighted by Crippen LogP contribution is 2.30. The Morgan fingerprint density at radius 2 is 1.85 bits per heavy atom. The standard InChI is InChI=1S/C21H20N2O4/c1-26-16-8-7-14(19(11-16)27-2)9-17-21(25)23-12-15-6-4-3-5-13(15)10-18(23)20(24)22-17/h3-9,11,18H,10,12H2,1-2H3,(H,22,24)/t18-/m0/s1. The molecule has 1 atom stereocenters. The SMILES string of the molecule is COc1ccc(C=C2NC(=O)[C@@H]3Cc4ccccc4CN3C2=O)c(OC)c1. The van der Waals surface area contributed by atoms with Crippen LogP contribution in [-0.4, -0.2) is 37.0 Å². The van der Waals surface area contributed by atoms with Gasteiger partial charge in [-0.3, -0.25) is 9.59 Å². The first-order valence-electron chi connectivity index (χ1n) is 8.73. The number of ether oxygens (including phenoxy) is 2. The zero-order valence-electron chi connectivity index (χ0n) is 15.2. The maximum absolute atomic E-state index is 13.0. The number of hydrogen-bond donors (Lipinski definition) is 1. The molecule has 6 heteroatoms. The van der Waals surface area contributed by atoms with E-state index in [1.54, 1.807) is 43.4 Å². The molecule has 1 fully saturated rings. The molecule has 0 radical (unpaired) electrons. The Morgan fingerprint density at radius 3 is 2.59 bits per heavy atom. The van der Waals surface area contributed by atoms with Crippen LogP contribution >= 0.6 is 0 Å². The summed E-state index contributed by atoms with van der Waals surface area (Å²) in [7, 11) is 3.13. The Balaban J connectivity index is 1.68. The van der Waals surface area contributed by atoms with Gasteiger partial charge in [0, 0.05) is 24.6 Å². The molecule has 2 aromatic carbocycles. The van der Waals surface area contributed by atoms with Gasteiger partial charge in [0.1, 0.15) is 23.2 Å². The van der Waals surface area contributed by atoms with Crippen LogP contribution in [0.3, 0.4) is 0 Å². The molecule has 27 heavy (non-hydrogen) atoms. The monoisotopic (exact) mass is 364 g/mol. The van der Waals surface area contributed by atoms with Crippen LogP contribution in [0.2, 0.25) is 0 Å². The number of carbonyl (C=O) groups is 2. The van der Waals surface area contributed by atoms with Gasteiger partial charge in [0.15, 0.2) is 0 Å². The summed E-state index contributed by atoms with van der Waals surface area (Å²) < 4.78 is 10.6. The second kappa shape index (κ2) is 6.79. The van der Waals surface area contributed by atoms with Gasteiger partial charge in [-0.15, -0.1) is 0 Å². The molecular weight excluding hydrogens is 344 g/mol. The van der Waals surface area contributed by atoms with Crippen molar-refractivity contribution in [2.24, 2.45) is 0 Å². The van der Waals surface area contributed by atoms with E-state index in [-0.39, 0.29) is 17.5 Å². The number of nitrogens with zero attached hydrogens (tertiary/aromatic N) is 1. The van der Waals surface area contributed by atoms with Crippen LogP contribution in [0.15, 0.2) is 48.2 Å². The van der Waals surface area contributed by atoms with Crippen LogP contribution < -0.4 is 14.8 Å². The number of methoxy groups -OCH3 is 2. The van der Waals surface area contributed by atoms with Crippen LogP contribution in [0, 0.1) is 0 Å². The summed E-state index contributed by atoms with van der Waals surface area (Å²) in [4.78, 5) is 27.3. The molecule has 0 aliphatic carbocycles. The average Bonchev–Trinajstić information content (AvgIpc) is 2.71. The average molecular weight is 364 g/mol. The molecule has 2 heterocycles. The van der Waals surface area contributed by atoms with Gasteiger partial charge in [-0.1, -0.05) is 24.3 Å². The Bertz CT molecular complexity index is 951. The van der Waals surface area contributed by atoms with Crippen LogP contribution in [0.1, 0.15) is 16.7 Å². The normalized spacial score (nSPS) is 20.0. The van der Waals surface area contributed by atoms with Gasteiger partial charge in [-0.05, 0) is 29.3 Å². The molecule has 1 saturated heterocycles. The van der Waals surface area contributed by atoms with Crippen molar-refractivity contribution in [2.75, 3.05) is 14.2 Å². The maximum atomic E-state index is 13.0. The van der Waals surface area contributed by atoms with Crippen molar-refractivity contribution in [3.05, 3.63) is 64.9 Å². The van der Waals surface area contributed by atoms with E-state index in [1.165, 1.54) is 0 Å². The molecule has 0 bridgehead atoms. The highest BCUT2D eigenvalue weighted by atomic mass is 16.5. The van der Waals surface area contributed by atoms with E-state index in [0.717, 1.165) is 11.1 Å². The van der Waals surface area contributed by atoms with Crippen molar-refractivity contribution in [1.29, 1.82) is 0 Å². The zero-order chi connectivity index (χ0) is 19.0. The minimum absolute atomic E-state index is 0.164. The van der Waals surface area contributed by atoms with Crippen LogP contribution in [-0.2, 0) is 22.6 Å². The lowest BCUT2D eigenvalue weighted by Gasteiger charge is -2.40. The third-order valence-electron chi connectivity index (χ3n) is 5.04. The van der Waals surface area contributed by atoms with Crippen LogP contribution in [0.5, 0.6) is 11.5 Å². The second-order valence-electron chi connectivity index (χ2n) is 6.58. The van der Waals surface area contributed by atoms with E-state index >= 15 is 0 Å². The lowest BCUT2D eigenvalue weighted by Crippen LogP contribution is -2.58. The van der Waals surface area contributed by atoms with E-state index in [2.05, 4.69) is 5.32 Å². The lowest BCUT2D eigenvalue weighted by molar-refractivity contribution is -0.143. The maximum Gasteiger partial charge on any atom is 0.271 e. The number of piperazine rings is 1. The Labute approximate surface area is 157 Å². The summed E-state index contributed by atoms with van der Waals surface area (Å²) in [6, 6.07) is 12.8. The topological polar surface area (TPSA) is 67.9 Å². The molecule has 0 aromatic heterocycles. The Hall–Kier alpha value is -3.28. The van der Waals surface area contributed by atoms with Gasteiger partial charge >= 0.3 is 0 Å². The predicted molar refractivity (Wildman–Crippen MR) is 100 cm³/mol. The highest BCUT2D eigenvalue weighted by Gasteiger charge is 2.40. The first kappa shape index (κ1) is 17.1. The molecule has 2 aliphatic heterocycles. The first-order chi connectivity index (χ1) is 13.1. The fourth-order valence-electron chi connectivity index (χ4n) is 3.59. The summed E-state index contributed by atoms with van der Waals surface area (Å²) in [5.74, 6) is 0.866. The summed E-state index contributed by atoms with van der Waals surface area (Å²) in [6.45, 7) is 0.435. The molecular formula is C21H20N2O4. The van der Waals surface area contributed by atoms with E-state index in [4.69, 9.17) is 9.47 Å². The zero-order valence-corrected chi connectivity index (χ0v) is 15.2. The van der Waals surface area contributed by atoms with Gasteiger partial charge in [-0.2, -0.15) is 0 Å². The number of fused-ring (bicyclic) bond motifs is 2. The van der Waals surface area contributed by atoms with E-state index < -0.39 is 6.04 Å². The molecule has 0 saturated carbocycles. The molecule has 0 unspecified atom stereocenters. The molecule has 2 amide bonds. The van der Waals surface area contributed by atoms with Crippen LogP contribution in [0.25, 0.3) is 6.08 Å². The fourth-order valence-corrected chi connectivity index (χ4v) is 3.59. The number of benzene rings is 2. The molecule has 2 aliphatic rings. The predicted octanol–water partition coefficient (Wildman–Crippen LogP) is 2.13. The van der Waals surface area contributed by atoms with Gasteiger partial charge in [-0.25, -0.2) is 0 Å². The number of carbonyl (C=O) groups excluding carboxylic acids is 2. The number of amides is 2. The molecule has 138 valence electrons. The number of hydrogen-bond acceptors (Lipinski definition) is 4. The largest absolute Gasteiger partial charge is 0.497 e. The summed E-state index contributed by atoms with van der Waals surface area (Å²) in [5.41, 5.74) is 3.14. The van der Waals surface area contributed by atoms with E-state index in [9.17, 15) is 9.59 Å². The van der Waals surface area contributed by atoms with Crippen molar-refractivity contribution in [3.8, 4) is 11.5 Å². The van der Waals surface area contributed by atoms with Gasteiger partial charge in [0.2, 0.25) is 5.91 Å². The van der Waals surface area contributed by atoms with Gasteiger partial charge in [0.05, 0.1) is 14.2 Å². The fraction of sp³-hybridized carbons (Fsp3) is 0.238. The number of rotatable bonds is 3. The molecule has 2 aromatic rings. The molecule has 6 nitrogen and oxygen atoms in total. The van der Waals surface area contributed by atoms with Crippen LogP contribution in [0.4, 0.5) is 0 Å². The molecule has 0 spiro atoms. The minimum Gasteiger partial charge on any atom is -0.497 e. The summed E-state index contributed by atoms with van der Waals surface area (Å²) in [6.07, 6.45) is 2.18. The van der Waals surface area contributed by atoms with E-state index in [1.807, 2.05) is 24.3 Å². The first-order valence-corrected chi connectivity index (χ1v) is 8.73. The lowest BCUT2D eigenvalue weighted by atomic mass is 9.91. The smallest absolute Gasteiger partial charge is 0.271 e. The second-order valence-corrected chi connectivity index (χ2v) is 6.58. The van der Waals surface area contributed by atoms with Crippen molar-refractivity contribution in [3.63, 3.8) is 0 Å². The summed E-state index contributed by atoms with van der Waals surface area (Å²) >= 11 is 0. The number of nitrogens with one attached hydrogen (secondary N) is 1. The van der Waals surface area contributed by atoms with E-state index in [0.29, 0.717) is 30.0 Å². The van der Waals surface area contributed by atoms with Crippen molar-refractivity contribution >= 4 is 17.9 Å². The third-order valence-corrected chi connectivity index (χ3v) is 5.04. The van der Waals surface area contributed by atoms with Crippen molar-refractivity contribution in [2.45, 2.75) is 19.0 Å². The Morgan fingerprint density at radius 1 is 1.07 bits per heavy atom. The van der Waals surface area contributed by atoms with Crippen molar-refractivity contribution in [1.82, 2.24) is 10.2 Å². The quantitative estimate of drug-likeness (QED) is 0.848. The highest BCUT2D eigenvalue weighted by molar-refractivity contribution is 6.07. The summed E-state index contributed by atoms with van der Waals surface area (Å²) in [5, 5.41) is 2.77. The van der Waals surface area contributed by atoms with Gasteiger partial charge < -0.3 is 19.7 Å². The molecule has 1 N–H and O–H groups in total. The third kappa shape index (κ3) is 3.03. The van der Waals surface area contributed by atoms with Gasteiger partial charge in [0.25, 0.3) is 5.91 Å².